The van der Waals surface area contributed by atoms with Crippen molar-refractivity contribution in [1.82, 2.24) is 10.6 Å². The second-order valence-electron chi connectivity index (χ2n) is 5.19. The number of aryl methyl sites for hydroxylation is 2. The average Bonchev–Trinajstić information content (AvgIpc) is 2.72. The summed E-state index contributed by atoms with van der Waals surface area (Å²) in [5, 5.41) is 14.1. The highest BCUT2D eigenvalue weighted by Crippen LogP contribution is 2.20. The van der Waals surface area contributed by atoms with E-state index in [1.54, 1.807) is 0 Å². The summed E-state index contributed by atoms with van der Waals surface area (Å²) in [4.78, 5) is 22.1. The third kappa shape index (κ3) is 6.33. The van der Waals surface area contributed by atoms with Crippen LogP contribution in [0.2, 0.25) is 0 Å². The molecule has 1 rings (SSSR count). The van der Waals surface area contributed by atoms with Gasteiger partial charge in [0, 0.05) is 18.5 Å². The van der Waals surface area contributed by atoms with Crippen LogP contribution in [-0.4, -0.2) is 23.7 Å². The van der Waals surface area contributed by atoms with Crippen LogP contribution < -0.4 is 10.6 Å². The Kier molecular flexibility index (Phi) is 6.78. The fourth-order valence-corrected chi connectivity index (χ4v) is 2.19. The van der Waals surface area contributed by atoms with Crippen LogP contribution in [0.4, 0.5) is 4.79 Å². The Morgan fingerprint density at radius 3 is 2.57 bits per heavy atom. The monoisotopic (exact) mass is 296 g/mol. The molecule has 0 spiro atoms. The second-order valence-corrected chi connectivity index (χ2v) is 5.19. The predicted octanol–water partition coefficient (Wildman–Crippen LogP) is 2.90. The van der Waals surface area contributed by atoms with E-state index in [-0.39, 0.29) is 18.5 Å². The smallest absolute Gasteiger partial charge is 0.315 e. The SMILES string of the molecule is Cc1cc(C(C)NC(=O)NCCCCCC(=O)O)c(C)o1. The van der Waals surface area contributed by atoms with Gasteiger partial charge in [-0.3, -0.25) is 4.79 Å². The Hall–Kier alpha value is -1.98. The molecular formula is C15H24N2O4. The Morgan fingerprint density at radius 1 is 1.29 bits per heavy atom. The van der Waals surface area contributed by atoms with Crippen LogP contribution in [0.1, 0.15) is 55.7 Å². The number of carbonyl (C=O) groups excluding carboxylic acids is 1. The highest BCUT2D eigenvalue weighted by molar-refractivity contribution is 5.74. The number of furan rings is 1. The van der Waals surface area contributed by atoms with Crippen molar-refractivity contribution in [2.75, 3.05) is 6.54 Å². The van der Waals surface area contributed by atoms with E-state index in [0.717, 1.165) is 29.9 Å². The summed E-state index contributed by atoms with van der Waals surface area (Å²) in [5.74, 6) is 0.865. The van der Waals surface area contributed by atoms with Gasteiger partial charge in [-0.05, 0) is 39.7 Å². The molecule has 118 valence electrons. The minimum atomic E-state index is -0.777. The number of carboxylic acid groups (broad SMARTS) is 1. The maximum atomic E-state index is 11.7. The summed E-state index contributed by atoms with van der Waals surface area (Å²) < 4.78 is 5.44. The van der Waals surface area contributed by atoms with Gasteiger partial charge in [-0.25, -0.2) is 4.79 Å². The number of aliphatic carboxylic acids is 1. The van der Waals surface area contributed by atoms with Gasteiger partial charge in [0.25, 0.3) is 0 Å². The molecule has 0 saturated carbocycles. The number of amides is 2. The fraction of sp³-hybridized carbons (Fsp3) is 0.600. The molecule has 6 heteroatoms. The van der Waals surface area contributed by atoms with Crippen LogP contribution in [0.3, 0.4) is 0 Å². The molecule has 21 heavy (non-hydrogen) atoms. The van der Waals surface area contributed by atoms with Gasteiger partial charge >= 0.3 is 12.0 Å². The van der Waals surface area contributed by atoms with Crippen molar-refractivity contribution >= 4 is 12.0 Å². The Balaban J connectivity index is 2.21. The lowest BCUT2D eigenvalue weighted by Gasteiger charge is -2.14. The van der Waals surface area contributed by atoms with Gasteiger partial charge in [-0.15, -0.1) is 0 Å². The summed E-state index contributed by atoms with van der Waals surface area (Å²) in [6, 6.07) is 1.58. The summed E-state index contributed by atoms with van der Waals surface area (Å²) in [6.07, 6.45) is 2.39. The molecule has 1 unspecified atom stereocenters. The van der Waals surface area contributed by atoms with Crippen LogP contribution >= 0.6 is 0 Å². The lowest BCUT2D eigenvalue weighted by Crippen LogP contribution is -2.37. The van der Waals surface area contributed by atoms with E-state index < -0.39 is 5.97 Å². The molecule has 1 aromatic rings. The number of hydrogen-bond acceptors (Lipinski definition) is 3. The average molecular weight is 296 g/mol. The topological polar surface area (TPSA) is 91.6 Å². The molecule has 0 saturated heterocycles. The Labute approximate surface area is 124 Å². The second kappa shape index (κ2) is 8.34. The first-order valence-corrected chi connectivity index (χ1v) is 7.23. The zero-order valence-corrected chi connectivity index (χ0v) is 12.9. The van der Waals surface area contributed by atoms with Crippen molar-refractivity contribution in [3.63, 3.8) is 0 Å². The Morgan fingerprint density at radius 2 is 2.00 bits per heavy atom. The molecule has 0 aliphatic rings. The van der Waals surface area contributed by atoms with Crippen LogP contribution in [0, 0.1) is 13.8 Å². The number of nitrogens with one attached hydrogen (secondary N) is 2. The molecule has 0 aliphatic carbocycles. The minimum absolute atomic E-state index is 0.116. The third-order valence-electron chi connectivity index (χ3n) is 3.25. The van der Waals surface area contributed by atoms with Gasteiger partial charge < -0.3 is 20.2 Å². The van der Waals surface area contributed by atoms with E-state index in [4.69, 9.17) is 9.52 Å². The molecule has 2 amide bonds. The minimum Gasteiger partial charge on any atom is -0.481 e. The first-order valence-electron chi connectivity index (χ1n) is 7.23. The maximum Gasteiger partial charge on any atom is 0.315 e. The van der Waals surface area contributed by atoms with Gasteiger partial charge in [0.05, 0.1) is 6.04 Å². The predicted molar refractivity (Wildman–Crippen MR) is 79.2 cm³/mol. The lowest BCUT2D eigenvalue weighted by atomic mass is 10.1. The number of carbonyl (C=O) groups is 2. The van der Waals surface area contributed by atoms with Crippen molar-refractivity contribution in [2.45, 2.75) is 52.5 Å². The van der Waals surface area contributed by atoms with Gasteiger partial charge in [-0.2, -0.15) is 0 Å². The van der Waals surface area contributed by atoms with Crippen molar-refractivity contribution < 1.29 is 19.1 Å². The van der Waals surface area contributed by atoms with E-state index in [1.165, 1.54) is 0 Å². The zero-order chi connectivity index (χ0) is 15.8. The highest BCUT2D eigenvalue weighted by atomic mass is 16.4. The summed E-state index contributed by atoms with van der Waals surface area (Å²) in [6.45, 7) is 6.20. The summed E-state index contributed by atoms with van der Waals surface area (Å²) >= 11 is 0. The third-order valence-corrected chi connectivity index (χ3v) is 3.25. The molecule has 0 bridgehead atoms. The molecule has 3 N–H and O–H groups in total. The van der Waals surface area contributed by atoms with Gasteiger partial charge in [0.1, 0.15) is 11.5 Å². The number of hydrogen-bond donors (Lipinski definition) is 3. The summed E-state index contributed by atoms with van der Waals surface area (Å²) in [7, 11) is 0. The molecule has 1 aromatic heterocycles. The highest BCUT2D eigenvalue weighted by Gasteiger charge is 2.14. The molecule has 6 nitrogen and oxygen atoms in total. The molecule has 0 aliphatic heterocycles. The molecular weight excluding hydrogens is 272 g/mol. The number of urea groups is 1. The van der Waals surface area contributed by atoms with Gasteiger partial charge in [0.2, 0.25) is 0 Å². The Bertz CT molecular complexity index is 482. The van der Waals surface area contributed by atoms with Crippen LogP contribution in [0.5, 0.6) is 0 Å². The van der Waals surface area contributed by atoms with Crippen molar-refractivity contribution in [3.05, 3.63) is 23.2 Å². The lowest BCUT2D eigenvalue weighted by molar-refractivity contribution is -0.137. The van der Waals surface area contributed by atoms with E-state index in [0.29, 0.717) is 13.0 Å². The number of unbranched alkanes of at least 4 members (excludes halogenated alkanes) is 2. The number of carboxylic acids is 1. The van der Waals surface area contributed by atoms with Crippen molar-refractivity contribution in [2.24, 2.45) is 0 Å². The van der Waals surface area contributed by atoms with E-state index in [1.807, 2.05) is 26.8 Å². The van der Waals surface area contributed by atoms with Crippen molar-refractivity contribution in [1.29, 1.82) is 0 Å². The summed E-state index contributed by atoms with van der Waals surface area (Å²) in [5.41, 5.74) is 0.976. The first kappa shape index (κ1) is 17.1. The van der Waals surface area contributed by atoms with E-state index in [9.17, 15) is 9.59 Å². The molecule has 0 aromatic carbocycles. The zero-order valence-electron chi connectivity index (χ0n) is 12.9. The van der Waals surface area contributed by atoms with Crippen LogP contribution in [0.15, 0.2) is 10.5 Å². The van der Waals surface area contributed by atoms with Crippen molar-refractivity contribution in [3.8, 4) is 0 Å². The molecule has 0 fully saturated rings. The largest absolute Gasteiger partial charge is 0.481 e. The van der Waals surface area contributed by atoms with Crippen LogP contribution in [0.25, 0.3) is 0 Å². The van der Waals surface area contributed by atoms with Gasteiger partial charge in [0.15, 0.2) is 0 Å². The first-order chi connectivity index (χ1) is 9.90. The normalized spacial score (nSPS) is 12.0. The molecule has 1 heterocycles. The standard InChI is InChI=1S/C15H24N2O4/c1-10-9-13(12(3)21-10)11(2)17-15(20)16-8-6-4-5-7-14(18)19/h9,11H,4-8H2,1-3H3,(H,18,19)(H2,16,17,20). The van der Waals surface area contributed by atoms with E-state index >= 15 is 0 Å². The quantitative estimate of drug-likeness (QED) is 0.643. The maximum absolute atomic E-state index is 11.7. The fourth-order valence-electron chi connectivity index (χ4n) is 2.19. The molecule has 0 radical (unpaired) electrons. The van der Waals surface area contributed by atoms with E-state index in [2.05, 4.69) is 10.6 Å². The van der Waals surface area contributed by atoms with Crippen LogP contribution in [-0.2, 0) is 4.79 Å². The number of rotatable bonds is 8. The molecule has 1 atom stereocenters. The van der Waals surface area contributed by atoms with Gasteiger partial charge in [-0.1, -0.05) is 6.42 Å².